The second kappa shape index (κ2) is 5.60. The van der Waals surface area contributed by atoms with E-state index in [0.717, 1.165) is 32.1 Å². The van der Waals surface area contributed by atoms with Crippen molar-refractivity contribution in [1.29, 1.82) is 0 Å². The van der Waals surface area contributed by atoms with Gasteiger partial charge < -0.3 is 4.90 Å². The summed E-state index contributed by atoms with van der Waals surface area (Å²) in [6.07, 6.45) is 5.12. The van der Waals surface area contributed by atoms with Gasteiger partial charge in [0.1, 0.15) is 0 Å². The summed E-state index contributed by atoms with van der Waals surface area (Å²) in [7, 11) is -3.44. The fraction of sp³-hybridized carbons (Fsp3) is 0.588. The van der Waals surface area contributed by atoms with Crippen molar-refractivity contribution in [3.8, 4) is 0 Å². The molecule has 3 aliphatic rings. The minimum atomic E-state index is -3.44. The first kappa shape index (κ1) is 15.1. The van der Waals surface area contributed by atoms with Crippen LogP contribution in [-0.2, 0) is 27.7 Å². The Morgan fingerprint density at radius 3 is 2.39 bits per heavy atom. The molecule has 1 saturated heterocycles. The zero-order valence-corrected chi connectivity index (χ0v) is 14.0. The van der Waals surface area contributed by atoms with Gasteiger partial charge in [-0.1, -0.05) is 6.07 Å². The van der Waals surface area contributed by atoms with Crippen LogP contribution in [0.2, 0.25) is 0 Å². The van der Waals surface area contributed by atoms with E-state index in [4.69, 9.17) is 0 Å². The molecule has 0 unspecified atom stereocenters. The second-order valence-corrected chi connectivity index (χ2v) is 8.73. The largest absolute Gasteiger partial charge is 0.340 e. The molecule has 1 amide bonds. The van der Waals surface area contributed by atoms with Crippen LogP contribution in [0.3, 0.4) is 0 Å². The van der Waals surface area contributed by atoms with E-state index in [0.29, 0.717) is 31.1 Å². The number of fused-ring (bicyclic) bond motifs is 1. The summed E-state index contributed by atoms with van der Waals surface area (Å²) in [5.74, 6) is 0.412. The van der Waals surface area contributed by atoms with Crippen molar-refractivity contribution in [2.24, 2.45) is 5.92 Å². The number of amides is 1. The summed E-state index contributed by atoms with van der Waals surface area (Å²) in [5, 5.41) is 0. The fourth-order valence-corrected chi connectivity index (χ4v) is 5.07. The van der Waals surface area contributed by atoms with E-state index in [2.05, 4.69) is 0 Å². The molecule has 0 spiro atoms. The Balaban J connectivity index is 1.48. The van der Waals surface area contributed by atoms with Crippen molar-refractivity contribution in [3.05, 3.63) is 29.3 Å². The number of carbonyl (C=O) groups is 1. The smallest absolute Gasteiger partial charge is 0.243 e. The molecule has 1 saturated carbocycles. The zero-order valence-electron chi connectivity index (χ0n) is 13.2. The lowest BCUT2D eigenvalue weighted by molar-refractivity contribution is -0.133. The van der Waals surface area contributed by atoms with Gasteiger partial charge in [0.25, 0.3) is 0 Å². The van der Waals surface area contributed by atoms with Crippen LogP contribution in [0.1, 0.15) is 30.4 Å². The number of hydrogen-bond acceptors (Lipinski definition) is 3. The van der Waals surface area contributed by atoms with Crippen molar-refractivity contribution < 1.29 is 13.2 Å². The molecule has 2 fully saturated rings. The lowest BCUT2D eigenvalue weighted by atomic mass is 10.1. The summed E-state index contributed by atoms with van der Waals surface area (Å²) in [6.45, 7) is 1.83. The van der Waals surface area contributed by atoms with Gasteiger partial charge in [0.15, 0.2) is 0 Å². The first-order valence-electron chi connectivity index (χ1n) is 8.46. The molecule has 0 bridgehead atoms. The van der Waals surface area contributed by atoms with Gasteiger partial charge in [0, 0.05) is 32.1 Å². The van der Waals surface area contributed by atoms with Crippen molar-refractivity contribution in [3.63, 3.8) is 0 Å². The summed E-state index contributed by atoms with van der Waals surface area (Å²) in [4.78, 5) is 14.3. The van der Waals surface area contributed by atoms with Gasteiger partial charge >= 0.3 is 0 Å². The predicted molar refractivity (Wildman–Crippen MR) is 86.5 cm³/mol. The molecule has 124 valence electrons. The highest BCUT2D eigenvalue weighted by Gasteiger charge is 2.36. The maximum atomic E-state index is 12.8. The highest BCUT2D eigenvalue weighted by atomic mass is 32.2. The van der Waals surface area contributed by atoms with Gasteiger partial charge in [0.2, 0.25) is 15.9 Å². The van der Waals surface area contributed by atoms with Gasteiger partial charge in [-0.15, -0.1) is 0 Å². The van der Waals surface area contributed by atoms with Crippen LogP contribution in [-0.4, -0.2) is 49.7 Å². The number of carbonyl (C=O) groups excluding carboxylic acids is 1. The number of piperazine rings is 1. The summed E-state index contributed by atoms with van der Waals surface area (Å²) < 4.78 is 27.2. The van der Waals surface area contributed by atoms with Crippen molar-refractivity contribution in [2.75, 3.05) is 26.2 Å². The molecule has 0 radical (unpaired) electrons. The van der Waals surface area contributed by atoms with E-state index in [1.165, 1.54) is 15.4 Å². The van der Waals surface area contributed by atoms with Gasteiger partial charge in [-0.3, -0.25) is 4.79 Å². The SMILES string of the molecule is O=C(C1CC1)N1CCN(S(=O)(=O)c2ccc3c(c2)CCC3)CC1. The second-order valence-electron chi connectivity index (χ2n) is 6.79. The Morgan fingerprint density at radius 2 is 1.70 bits per heavy atom. The third-order valence-corrected chi connectivity index (χ3v) is 7.08. The van der Waals surface area contributed by atoms with Crippen LogP contribution in [0, 0.1) is 5.92 Å². The molecule has 1 heterocycles. The van der Waals surface area contributed by atoms with Gasteiger partial charge in [-0.05, 0) is 55.4 Å². The monoisotopic (exact) mass is 334 g/mol. The van der Waals surface area contributed by atoms with E-state index in [9.17, 15) is 13.2 Å². The van der Waals surface area contributed by atoms with Crippen LogP contribution >= 0.6 is 0 Å². The highest BCUT2D eigenvalue weighted by molar-refractivity contribution is 7.89. The molecule has 0 aromatic heterocycles. The Bertz CT molecular complexity index is 732. The molecule has 1 aromatic rings. The van der Waals surface area contributed by atoms with Crippen molar-refractivity contribution in [2.45, 2.75) is 37.0 Å². The highest BCUT2D eigenvalue weighted by Crippen LogP contribution is 2.32. The van der Waals surface area contributed by atoms with Crippen LogP contribution in [0.15, 0.2) is 23.1 Å². The van der Waals surface area contributed by atoms with E-state index < -0.39 is 10.0 Å². The summed E-state index contributed by atoms with van der Waals surface area (Å²) in [5.41, 5.74) is 2.46. The van der Waals surface area contributed by atoms with E-state index >= 15 is 0 Å². The molecule has 2 aliphatic carbocycles. The number of aryl methyl sites for hydroxylation is 2. The predicted octanol–water partition coefficient (Wildman–Crippen LogP) is 1.42. The Labute approximate surface area is 137 Å². The number of nitrogens with zero attached hydrogens (tertiary/aromatic N) is 2. The molecule has 4 rings (SSSR count). The standard InChI is InChI=1S/C17H22N2O3S/c20-17(14-4-5-14)18-8-10-19(11-9-18)23(21,22)16-7-6-13-2-1-3-15(13)12-16/h6-7,12,14H,1-5,8-11H2. The molecule has 5 nitrogen and oxygen atoms in total. The average molecular weight is 334 g/mol. The average Bonchev–Trinajstić information content (AvgIpc) is 3.31. The van der Waals surface area contributed by atoms with Crippen LogP contribution in [0.5, 0.6) is 0 Å². The van der Waals surface area contributed by atoms with Crippen LogP contribution < -0.4 is 0 Å². The third-order valence-electron chi connectivity index (χ3n) is 5.18. The van der Waals surface area contributed by atoms with Gasteiger partial charge in [-0.25, -0.2) is 8.42 Å². The lowest BCUT2D eigenvalue weighted by Gasteiger charge is -2.34. The van der Waals surface area contributed by atoms with Gasteiger partial charge in [-0.2, -0.15) is 4.31 Å². The molecular weight excluding hydrogens is 312 g/mol. The molecule has 0 N–H and O–H groups in total. The number of hydrogen-bond donors (Lipinski definition) is 0. The molecule has 6 heteroatoms. The van der Waals surface area contributed by atoms with E-state index in [1.54, 1.807) is 6.07 Å². The molecule has 0 atom stereocenters. The third kappa shape index (κ3) is 2.78. The number of benzene rings is 1. The lowest BCUT2D eigenvalue weighted by Crippen LogP contribution is -2.50. The summed E-state index contributed by atoms with van der Waals surface area (Å²) in [6, 6.07) is 5.54. The van der Waals surface area contributed by atoms with E-state index in [1.807, 2.05) is 17.0 Å². The first-order valence-corrected chi connectivity index (χ1v) is 9.90. The van der Waals surface area contributed by atoms with Crippen molar-refractivity contribution >= 4 is 15.9 Å². The van der Waals surface area contributed by atoms with Gasteiger partial charge in [0.05, 0.1) is 4.90 Å². The number of sulfonamides is 1. The quantitative estimate of drug-likeness (QED) is 0.840. The van der Waals surface area contributed by atoms with Crippen LogP contribution in [0.25, 0.3) is 0 Å². The Kier molecular flexibility index (Phi) is 3.69. The van der Waals surface area contributed by atoms with Crippen LogP contribution in [0.4, 0.5) is 0 Å². The van der Waals surface area contributed by atoms with E-state index in [-0.39, 0.29) is 11.8 Å². The Hall–Kier alpha value is -1.40. The maximum absolute atomic E-state index is 12.8. The van der Waals surface area contributed by atoms with Crippen molar-refractivity contribution in [1.82, 2.24) is 9.21 Å². The topological polar surface area (TPSA) is 57.7 Å². The Morgan fingerprint density at radius 1 is 1.00 bits per heavy atom. The molecule has 1 aromatic carbocycles. The first-order chi connectivity index (χ1) is 11.1. The maximum Gasteiger partial charge on any atom is 0.243 e. The summed E-state index contributed by atoms with van der Waals surface area (Å²) >= 11 is 0. The molecule has 23 heavy (non-hydrogen) atoms. The number of rotatable bonds is 3. The minimum Gasteiger partial charge on any atom is -0.340 e. The molecule has 1 aliphatic heterocycles. The molecular formula is C17H22N2O3S. The fourth-order valence-electron chi connectivity index (χ4n) is 3.60. The minimum absolute atomic E-state index is 0.204. The normalized spacial score (nSPS) is 22.2. The zero-order chi connectivity index (χ0) is 16.0.